The van der Waals surface area contributed by atoms with Crippen molar-refractivity contribution in [2.24, 2.45) is 5.92 Å². The van der Waals surface area contributed by atoms with Gasteiger partial charge in [0.1, 0.15) is 6.61 Å². The molecule has 1 atom stereocenters. The van der Waals surface area contributed by atoms with Crippen LogP contribution in [0, 0.1) is 5.92 Å². The molecule has 0 radical (unpaired) electrons. The van der Waals surface area contributed by atoms with Crippen LogP contribution in [0.25, 0.3) is 0 Å². The number of ether oxygens (including phenoxy) is 1. The van der Waals surface area contributed by atoms with Crippen molar-refractivity contribution >= 4 is 27.9 Å². The van der Waals surface area contributed by atoms with E-state index in [0.717, 1.165) is 12.1 Å². The van der Waals surface area contributed by atoms with Crippen molar-refractivity contribution in [3.63, 3.8) is 0 Å². The van der Waals surface area contributed by atoms with Gasteiger partial charge in [0.15, 0.2) is 0 Å². The third-order valence-corrected chi connectivity index (χ3v) is 7.91. The van der Waals surface area contributed by atoms with Crippen LogP contribution in [-0.2, 0) is 35.3 Å². The minimum atomic E-state index is -4.58. The van der Waals surface area contributed by atoms with Crippen molar-refractivity contribution in [2.75, 3.05) is 6.61 Å². The Bertz CT molecular complexity index is 1250. The van der Waals surface area contributed by atoms with Crippen LogP contribution in [-0.4, -0.2) is 38.9 Å². The fraction of sp³-hybridized carbons (Fsp3) is 0.423. The average molecular weight is 609 g/mol. The summed E-state index contributed by atoms with van der Waals surface area (Å²) in [5, 5.41) is 13.4. The van der Waals surface area contributed by atoms with Gasteiger partial charge in [-0.05, 0) is 61.9 Å². The summed E-state index contributed by atoms with van der Waals surface area (Å²) in [7, 11) is -4.05. The summed E-state index contributed by atoms with van der Waals surface area (Å²) in [6.45, 7) is -0.204. The second-order valence-electron chi connectivity index (χ2n) is 9.22. The minimum absolute atomic E-state index is 0. The number of sulfonamides is 1. The molecule has 1 aliphatic carbocycles. The second-order valence-corrected chi connectivity index (χ2v) is 10.9. The summed E-state index contributed by atoms with van der Waals surface area (Å²) in [5.41, 5.74) is -0.273. The van der Waals surface area contributed by atoms with Crippen molar-refractivity contribution in [3.8, 4) is 0 Å². The Balaban J connectivity index is 0.00000560. The summed E-state index contributed by atoms with van der Waals surface area (Å²) in [4.78, 5) is 35.1. The molecule has 14 heteroatoms. The molecule has 0 unspecified atom stereocenters. The first-order valence-electron chi connectivity index (χ1n) is 12.3. The molecule has 0 saturated heterocycles. The molecule has 0 heterocycles. The maximum atomic E-state index is 13.0. The van der Waals surface area contributed by atoms with Crippen molar-refractivity contribution < 1.29 is 97.2 Å². The molecule has 1 saturated carbocycles. The molecule has 1 aliphatic rings. The van der Waals surface area contributed by atoms with Crippen LogP contribution in [0.4, 0.5) is 13.2 Å². The minimum Gasteiger partial charge on any atom is -0.550 e. The van der Waals surface area contributed by atoms with E-state index in [-0.39, 0.29) is 75.2 Å². The largest absolute Gasteiger partial charge is 1.00 e. The van der Waals surface area contributed by atoms with Crippen molar-refractivity contribution in [1.82, 2.24) is 10.0 Å². The number of carboxylic acids is 1. The summed E-state index contributed by atoms with van der Waals surface area (Å²) in [6.07, 6.45) is -4.01. The fourth-order valence-electron chi connectivity index (χ4n) is 4.23. The van der Waals surface area contributed by atoms with Gasteiger partial charge < -0.3 is 20.0 Å². The molecule has 0 bridgehead atoms. The summed E-state index contributed by atoms with van der Waals surface area (Å²) in [5.74, 6) is -2.86. The van der Waals surface area contributed by atoms with Gasteiger partial charge in [-0.2, -0.15) is 13.2 Å². The van der Waals surface area contributed by atoms with E-state index in [2.05, 4.69) is 10.0 Å². The van der Waals surface area contributed by atoms with Crippen LogP contribution in [0.1, 0.15) is 55.7 Å². The Morgan fingerprint density at radius 2 is 1.55 bits per heavy atom. The van der Waals surface area contributed by atoms with Gasteiger partial charge in [-0.1, -0.05) is 30.3 Å². The van der Waals surface area contributed by atoms with Gasteiger partial charge in [-0.3, -0.25) is 9.59 Å². The van der Waals surface area contributed by atoms with Crippen molar-refractivity contribution in [3.05, 3.63) is 65.7 Å². The average Bonchev–Trinajstić information content (AvgIpc) is 2.90. The van der Waals surface area contributed by atoms with E-state index >= 15 is 0 Å². The van der Waals surface area contributed by atoms with E-state index in [1.165, 1.54) is 0 Å². The molecular formula is C26H28F3KN2O7S. The predicted octanol–water partition coefficient (Wildman–Crippen LogP) is -0.523. The zero-order chi connectivity index (χ0) is 28.6. The number of carbonyl (C=O) groups excluding carboxylic acids is 3. The Labute approximate surface area is 272 Å². The van der Waals surface area contributed by atoms with Gasteiger partial charge in [0.2, 0.25) is 15.9 Å². The summed E-state index contributed by atoms with van der Waals surface area (Å²) < 4.78 is 71.2. The van der Waals surface area contributed by atoms with Gasteiger partial charge in [-0.15, -0.1) is 0 Å². The SMILES string of the molecule is O=C([O-])CCC(=O)OC[C@@H](NC(=O)C1CCC(NS(=O)(=O)c2ccc(C(F)(F)F)cc2)CC1)c1ccccc1.[K+]. The van der Waals surface area contributed by atoms with E-state index in [1.54, 1.807) is 30.3 Å². The van der Waals surface area contributed by atoms with Crippen LogP contribution >= 0.6 is 0 Å². The Hall–Kier alpha value is -1.81. The molecular weight excluding hydrogens is 580 g/mol. The predicted molar refractivity (Wildman–Crippen MR) is 130 cm³/mol. The Morgan fingerprint density at radius 3 is 2.10 bits per heavy atom. The molecule has 1 fully saturated rings. The number of benzene rings is 2. The number of carboxylic acid groups (broad SMARTS) is 1. The topological polar surface area (TPSA) is 142 Å². The molecule has 2 aromatic rings. The Kier molecular flexibility index (Phi) is 13.3. The molecule has 1 amide bonds. The van der Waals surface area contributed by atoms with Crippen LogP contribution in [0.15, 0.2) is 59.5 Å². The number of amides is 1. The van der Waals surface area contributed by atoms with Crippen LogP contribution in [0.2, 0.25) is 0 Å². The molecule has 0 spiro atoms. The van der Waals surface area contributed by atoms with Crippen LogP contribution < -0.4 is 66.5 Å². The molecule has 212 valence electrons. The monoisotopic (exact) mass is 608 g/mol. The number of rotatable bonds is 11. The normalized spacial score (nSPS) is 18.2. The molecule has 2 N–H and O–H groups in total. The number of carbonyl (C=O) groups is 3. The fourth-order valence-corrected chi connectivity index (χ4v) is 5.54. The van der Waals surface area contributed by atoms with Crippen LogP contribution in [0.5, 0.6) is 0 Å². The Morgan fingerprint density at radius 1 is 0.950 bits per heavy atom. The molecule has 40 heavy (non-hydrogen) atoms. The summed E-state index contributed by atoms with van der Waals surface area (Å²) >= 11 is 0. The van der Waals surface area contributed by atoms with Gasteiger partial charge in [-0.25, -0.2) is 13.1 Å². The number of hydrogen-bond donors (Lipinski definition) is 2. The maximum Gasteiger partial charge on any atom is 1.00 e. The first-order valence-corrected chi connectivity index (χ1v) is 13.7. The third-order valence-electron chi connectivity index (χ3n) is 6.37. The number of hydrogen-bond acceptors (Lipinski definition) is 7. The molecule has 2 aromatic carbocycles. The maximum absolute atomic E-state index is 13.0. The van der Waals surface area contributed by atoms with Gasteiger partial charge in [0, 0.05) is 17.9 Å². The number of nitrogens with one attached hydrogen (secondary N) is 2. The van der Waals surface area contributed by atoms with E-state index in [0.29, 0.717) is 43.4 Å². The van der Waals surface area contributed by atoms with Gasteiger partial charge in [0.25, 0.3) is 0 Å². The van der Waals surface area contributed by atoms with Crippen molar-refractivity contribution in [1.29, 1.82) is 0 Å². The van der Waals surface area contributed by atoms with Crippen LogP contribution in [0.3, 0.4) is 0 Å². The van der Waals surface area contributed by atoms with Gasteiger partial charge >= 0.3 is 63.5 Å². The van der Waals surface area contributed by atoms with E-state index in [9.17, 15) is 41.1 Å². The van der Waals surface area contributed by atoms with E-state index in [1.807, 2.05) is 0 Å². The zero-order valence-electron chi connectivity index (χ0n) is 21.8. The second kappa shape index (κ2) is 15.4. The number of aliphatic carboxylic acids is 1. The zero-order valence-corrected chi connectivity index (χ0v) is 25.7. The summed E-state index contributed by atoms with van der Waals surface area (Å²) in [6, 6.07) is 10.8. The van der Waals surface area contributed by atoms with Gasteiger partial charge in [0.05, 0.1) is 22.9 Å². The third kappa shape index (κ3) is 10.5. The van der Waals surface area contributed by atoms with E-state index < -0.39 is 58.1 Å². The first kappa shape index (κ1) is 34.4. The molecule has 9 nitrogen and oxygen atoms in total. The quantitative estimate of drug-likeness (QED) is 0.258. The van der Waals surface area contributed by atoms with E-state index in [4.69, 9.17) is 4.74 Å². The smallest absolute Gasteiger partial charge is 0.550 e. The standard InChI is InChI=1S/C26H29F3N2O7S.K/c27-26(28,29)19-8-12-21(13-9-19)39(36,37)31-20-10-6-18(7-11-20)25(35)30-22(17-4-2-1-3-5-17)16-38-24(34)15-14-23(32)33;/h1-5,8-9,12-13,18,20,22,31H,6-7,10-11,14-16H2,(H,30,35)(H,32,33);/q;+1/p-1/t18?,20?,22-;/m1./s1. The van der Waals surface area contributed by atoms with Crippen molar-refractivity contribution in [2.45, 2.75) is 61.7 Å². The molecule has 0 aliphatic heterocycles. The molecule has 3 rings (SSSR count). The number of halogens is 3. The molecule has 0 aromatic heterocycles. The number of esters is 1. The number of alkyl halides is 3. The first-order chi connectivity index (χ1) is 18.3.